The van der Waals surface area contributed by atoms with Gasteiger partial charge in [-0.1, -0.05) is 27.7 Å². The zero-order valence-corrected chi connectivity index (χ0v) is 14.4. The molecule has 2 aliphatic carbocycles. The van der Waals surface area contributed by atoms with Gasteiger partial charge in [-0.2, -0.15) is 5.26 Å². The van der Waals surface area contributed by atoms with Crippen molar-refractivity contribution in [2.24, 2.45) is 11.8 Å². The lowest BCUT2D eigenvalue weighted by molar-refractivity contribution is 0.122. The van der Waals surface area contributed by atoms with E-state index in [9.17, 15) is 5.26 Å². The molecule has 21 heavy (non-hydrogen) atoms. The van der Waals surface area contributed by atoms with Crippen LogP contribution < -0.4 is 5.32 Å². The lowest BCUT2D eigenvalue weighted by Gasteiger charge is -2.39. The van der Waals surface area contributed by atoms with E-state index in [2.05, 4.69) is 44.0 Å². The van der Waals surface area contributed by atoms with Crippen molar-refractivity contribution in [3.63, 3.8) is 0 Å². The number of nitriles is 1. The molecule has 2 rings (SSSR count). The summed E-state index contributed by atoms with van der Waals surface area (Å²) < 4.78 is 0. The molecule has 1 unspecified atom stereocenters. The molecule has 0 saturated heterocycles. The summed E-state index contributed by atoms with van der Waals surface area (Å²) >= 11 is 0. The molecule has 2 fully saturated rings. The van der Waals surface area contributed by atoms with E-state index < -0.39 is 0 Å². The maximum atomic E-state index is 9.93. The highest BCUT2D eigenvalue weighted by atomic mass is 15.2. The predicted molar refractivity (Wildman–Crippen MR) is 88.0 cm³/mol. The molecule has 0 aliphatic heterocycles. The first-order chi connectivity index (χ1) is 10.0. The molecule has 0 aromatic heterocycles. The van der Waals surface area contributed by atoms with Crippen LogP contribution in [0.5, 0.6) is 0 Å². The number of nitrogens with one attached hydrogen (secondary N) is 1. The van der Waals surface area contributed by atoms with Gasteiger partial charge in [-0.05, 0) is 50.4 Å². The average molecular weight is 291 g/mol. The summed E-state index contributed by atoms with van der Waals surface area (Å²) in [7, 11) is 0. The molecule has 0 aromatic rings. The van der Waals surface area contributed by atoms with Crippen molar-refractivity contribution < 1.29 is 0 Å². The molecule has 0 spiro atoms. The Labute approximate surface area is 131 Å². The molecule has 0 bridgehead atoms. The first-order valence-electron chi connectivity index (χ1n) is 8.97. The fourth-order valence-corrected chi connectivity index (χ4v) is 3.56. The molecule has 3 heteroatoms. The third-order valence-corrected chi connectivity index (χ3v) is 5.02. The monoisotopic (exact) mass is 291 g/mol. The van der Waals surface area contributed by atoms with E-state index in [0.717, 1.165) is 13.1 Å². The van der Waals surface area contributed by atoms with Crippen LogP contribution in [-0.4, -0.2) is 35.6 Å². The Morgan fingerprint density at radius 1 is 1.19 bits per heavy atom. The highest BCUT2D eigenvalue weighted by molar-refractivity contribution is 5.18. The van der Waals surface area contributed by atoms with Gasteiger partial charge in [0.15, 0.2) is 0 Å². The summed E-state index contributed by atoms with van der Waals surface area (Å²) in [5.74, 6) is 1.23. The summed E-state index contributed by atoms with van der Waals surface area (Å²) in [4.78, 5) is 2.60. The minimum Gasteiger partial charge on any atom is -0.297 e. The quantitative estimate of drug-likeness (QED) is 0.669. The minimum atomic E-state index is -0.293. The van der Waals surface area contributed by atoms with Gasteiger partial charge in [0.25, 0.3) is 0 Å². The smallest absolute Gasteiger partial charge is 0.122 e. The standard InChI is InChI=1S/C18H33N3/c1-5-17(6-2)21(11-14(3)4)13-18(12-19,15-7-8-15)20-16-9-10-16/h14-17,20H,5-11,13H2,1-4H3. The van der Waals surface area contributed by atoms with Crippen LogP contribution in [0.2, 0.25) is 0 Å². The second-order valence-corrected chi connectivity index (χ2v) is 7.57. The molecule has 3 nitrogen and oxygen atoms in total. The molecule has 1 atom stereocenters. The van der Waals surface area contributed by atoms with E-state index >= 15 is 0 Å². The Bertz CT molecular complexity index is 361. The van der Waals surface area contributed by atoms with Crippen LogP contribution in [0.1, 0.15) is 66.2 Å². The van der Waals surface area contributed by atoms with Crippen molar-refractivity contribution in [2.75, 3.05) is 13.1 Å². The van der Waals surface area contributed by atoms with E-state index in [4.69, 9.17) is 0 Å². The van der Waals surface area contributed by atoms with Gasteiger partial charge < -0.3 is 0 Å². The predicted octanol–water partition coefficient (Wildman–Crippen LogP) is 3.56. The molecule has 0 heterocycles. The van der Waals surface area contributed by atoms with Crippen LogP contribution in [0.4, 0.5) is 0 Å². The van der Waals surface area contributed by atoms with Crippen LogP contribution in [-0.2, 0) is 0 Å². The van der Waals surface area contributed by atoms with Crippen molar-refractivity contribution in [2.45, 2.75) is 83.8 Å². The largest absolute Gasteiger partial charge is 0.297 e. The molecule has 120 valence electrons. The number of hydrogen-bond acceptors (Lipinski definition) is 3. The SMILES string of the molecule is CCC(CC)N(CC(C)C)CC(C#N)(NC1CC1)C1CC1. The highest BCUT2D eigenvalue weighted by Crippen LogP contribution is 2.42. The van der Waals surface area contributed by atoms with E-state index in [-0.39, 0.29) is 5.54 Å². The summed E-state index contributed by atoms with van der Waals surface area (Å²) in [5, 5.41) is 13.7. The Morgan fingerprint density at radius 2 is 1.81 bits per heavy atom. The topological polar surface area (TPSA) is 39.1 Å². The summed E-state index contributed by atoms with van der Waals surface area (Å²) in [6, 6.07) is 3.92. The Kier molecular flexibility index (Phi) is 5.68. The molecule has 0 aromatic carbocycles. The zero-order valence-electron chi connectivity index (χ0n) is 14.4. The van der Waals surface area contributed by atoms with Crippen molar-refractivity contribution in [1.82, 2.24) is 10.2 Å². The maximum Gasteiger partial charge on any atom is 0.122 e. The fraction of sp³-hybridized carbons (Fsp3) is 0.944. The first kappa shape index (κ1) is 16.8. The minimum absolute atomic E-state index is 0.293. The van der Waals surface area contributed by atoms with Crippen molar-refractivity contribution in [1.29, 1.82) is 5.26 Å². The lowest BCUT2D eigenvalue weighted by Crippen LogP contribution is -2.57. The Balaban J connectivity index is 2.11. The van der Waals surface area contributed by atoms with Gasteiger partial charge in [0, 0.05) is 25.2 Å². The average Bonchev–Trinajstić information content (AvgIpc) is 3.31. The molecule has 2 aliphatic rings. The van der Waals surface area contributed by atoms with Crippen LogP contribution in [0.25, 0.3) is 0 Å². The van der Waals surface area contributed by atoms with E-state index in [0.29, 0.717) is 23.9 Å². The van der Waals surface area contributed by atoms with Gasteiger partial charge in [-0.25, -0.2) is 0 Å². The maximum absolute atomic E-state index is 9.93. The number of hydrogen-bond donors (Lipinski definition) is 1. The zero-order chi connectivity index (χ0) is 15.5. The van der Waals surface area contributed by atoms with Gasteiger partial charge in [0.1, 0.15) is 5.54 Å². The van der Waals surface area contributed by atoms with Crippen LogP contribution >= 0.6 is 0 Å². The van der Waals surface area contributed by atoms with Gasteiger partial charge in [-0.3, -0.25) is 10.2 Å². The summed E-state index contributed by atoms with van der Waals surface area (Å²) in [6.45, 7) is 11.1. The van der Waals surface area contributed by atoms with Crippen LogP contribution in [0, 0.1) is 23.2 Å². The highest BCUT2D eigenvalue weighted by Gasteiger charge is 2.49. The first-order valence-corrected chi connectivity index (χ1v) is 8.97. The number of nitrogens with zero attached hydrogens (tertiary/aromatic N) is 2. The fourth-order valence-electron chi connectivity index (χ4n) is 3.56. The van der Waals surface area contributed by atoms with Crippen LogP contribution in [0.3, 0.4) is 0 Å². The normalized spacial score (nSPS) is 21.8. The van der Waals surface area contributed by atoms with Gasteiger partial charge in [0.2, 0.25) is 0 Å². The number of rotatable bonds is 10. The van der Waals surface area contributed by atoms with Gasteiger partial charge in [-0.15, -0.1) is 0 Å². The van der Waals surface area contributed by atoms with Crippen molar-refractivity contribution in [3.8, 4) is 6.07 Å². The summed E-state index contributed by atoms with van der Waals surface area (Å²) in [6.07, 6.45) is 7.33. The lowest BCUT2D eigenvalue weighted by atomic mass is 9.92. The third kappa shape index (κ3) is 4.44. The third-order valence-electron chi connectivity index (χ3n) is 5.02. The van der Waals surface area contributed by atoms with E-state index in [1.807, 2.05) is 0 Å². The van der Waals surface area contributed by atoms with Gasteiger partial charge in [0.05, 0.1) is 6.07 Å². The molecule has 0 amide bonds. The molecule has 2 saturated carbocycles. The Hall–Kier alpha value is -0.590. The van der Waals surface area contributed by atoms with Crippen LogP contribution in [0.15, 0.2) is 0 Å². The molecule has 1 N–H and O–H groups in total. The molecular formula is C18H33N3. The van der Waals surface area contributed by atoms with Gasteiger partial charge >= 0.3 is 0 Å². The summed E-state index contributed by atoms with van der Waals surface area (Å²) in [5.41, 5.74) is -0.293. The Morgan fingerprint density at radius 3 is 2.19 bits per heavy atom. The van der Waals surface area contributed by atoms with Crippen molar-refractivity contribution in [3.05, 3.63) is 0 Å². The van der Waals surface area contributed by atoms with E-state index in [1.165, 1.54) is 38.5 Å². The second-order valence-electron chi connectivity index (χ2n) is 7.57. The molecular weight excluding hydrogens is 258 g/mol. The second kappa shape index (κ2) is 7.11. The van der Waals surface area contributed by atoms with Crippen molar-refractivity contribution >= 4 is 0 Å². The molecule has 0 radical (unpaired) electrons. The van der Waals surface area contributed by atoms with E-state index in [1.54, 1.807) is 0 Å².